The number of quaternary nitrogens is 1. The van der Waals surface area contributed by atoms with E-state index in [1.807, 2.05) is 0 Å². The second-order valence-corrected chi connectivity index (χ2v) is 3.71. The van der Waals surface area contributed by atoms with Gasteiger partial charge in [0.05, 0.1) is 5.60 Å². The fourth-order valence-electron chi connectivity index (χ4n) is 0.587. The minimum atomic E-state index is -4.67. The molecule has 0 rings (SSSR count). The van der Waals surface area contributed by atoms with Gasteiger partial charge in [-0.05, 0) is 13.8 Å². The molecule has 7 heteroatoms. The second kappa shape index (κ2) is 4.73. The maximum absolute atomic E-state index is 10.1. The normalized spacial score (nSPS) is 12.3. The zero-order valence-electron chi connectivity index (χ0n) is 7.40. The number of aliphatic hydroxyl groups is 1. The van der Waals surface area contributed by atoms with Crippen molar-refractivity contribution in [3.63, 3.8) is 0 Å². The number of aliphatic hydroxyl groups excluding tert-OH is 1. The fraction of sp³-hybridized carbons (Fsp3) is 1.00. The van der Waals surface area contributed by atoms with Crippen LogP contribution in [-0.2, 0) is 14.6 Å². The Kier molecular flexibility index (Phi) is 5.64. The van der Waals surface area contributed by atoms with Gasteiger partial charge in [0.1, 0.15) is 0 Å². The molecule has 5 N–H and O–H groups in total. The van der Waals surface area contributed by atoms with Crippen LogP contribution in [0.1, 0.15) is 20.3 Å². The Hall–Kier alpha value is -0.210. The van der Waals surface area contributed by atoms with Crippen molar-refractivity contribution in [2.24, 2.45) is 0 Å². The Bertz CT molecular complexity index is 210. The maximum Gasteiger partial charge on any atom is 0.218 e. The summed E-state index contributed by atoms with van der Waals surface area (Å²) >= 11 is 0. The molecule has 0 radical (unpaired) electrons. The average molecular weight is 201 g/mol. The zero-order chi connectivity index (χ0) is 9.12. The molecule has 0 unspecified atom stereocenters. The summed E-state index contributed by atoms with van der Waals surface area (Å²) < 4.78 is 34.3. The van der Waals surface area contributed by atoms with Crippen LogP contribution in [0.5, 0.6) is 0 Å². The van der Waals surface area contributed by atoms with Crippen LogP contribution in [0.4, 0.5) is 0 Å². The first-order chi connectivity index (χ1) is 4.77. The van der Waals surface area contributed by atoms with Crippen LogP contribution in [0.3, 0.4) is 0 Å². The molecular weight excluding hydrogens is 186 g/mol. The third-order valence-electron chi connectivity index (χ3n) is 1.04. The van der Waals surface area contributed by atoms with Crippen molar-refractivity contribution >= 4 is 10.4 Å². The molecule has 0 aliphatic carbocycles. The highest BCUT2D eigenvalue weighted by molar-refractivity contribution is 7.80. The highest BCUT2D eigenvalue weighted by Crippen LogP contribution is 2.15. The van der Waals surface area contributed by atoms with E-state index in [2.05, 4.69) is 4.18 Å². The third kappa shape index (κ3) is 7.89. The van der Waals surface area contributed by atoms with Crippen LogP contribution < -0.4 is 6.15 Å². The Morgan fingerprint density at radius 1 is 1.50 bits per heavy atom. The Balaban J connectivity index is 0. The SMILES string of the molecule is CC(C)(CCO)OS(=O)(=O)[O-].[NH4+]. The van der Waals surface area contributed by atoms with E-state index in [4.69, 9.17) is 5.11 Å². The van der Waals surface area contributed by atoms with E-state index in [-0.39, 0.29) is 19.2 Å². The molecule has 0 saturated heterocycles. The van der Waals surface area contributed by atoms with Gasteiger partial charge in [-0.2, -0.15) is 0 Å². The monoisotopic (exact) mass is 201 g/mol. The average Bonchev–Trinajstić information content (AvgIpc) is 1.55. The lowest BCUT2D eigenvalue weighted by molar-refractivity contribution is 0.0688. The molecule has 0 spiro atoms. The highest BCUT2D eigenvalue weighted by atomic mass is 32.3. The lowest BCUT2D eigenvalue weighted by Crippen LogP contribution is -2.28. The smallest absolute Gasteiger partial charge is 0.218 e. The standard InChI is InChI=1S/C5H12O5S.H3N/c1-5(2,3-4-6)10-11(7,8)9;/h6H,3-4H2,1-2H3,(H,7,8,9);1H3. The van der Waals surface area contributed by atoms with Gasteiger partial charge < -0.3 is 15.8 Å². The summed E-state index contributed by atoms with van der Waals surface area (Å²) in [6.07, 6.45) is 0.106. The summed E-state index contributed by atoms with van der Waals surface area (Å²) in [7, 11) is -4.67. The zero-order valence-corrected chi connectivity index (χ0v) is 8.22. The van der Waals surface area contributed by atoms with Crippen LogP contribution in [0.15, 0.2) is 0 Å². The summed E-state index contributed by atoms with van der Waals surface area (Å²) in [5, 5.41) is 8.42. The molecule has 0 atom stereocenters. The summed E-state index contributed by atoms with van der Waals surface area (Å²) in [5.41, 5.74) is -1.12. The van der Waals surface area contributed by atoms with Crippen LogP contribution in [0.25, 0.3) is 0 Å². The van der Waals surface area contributed by atoms with E-state index in [0.29, 0.717) is 0 Å². The van der Waals surface area contributed by atoms with Crippen molar-refractivity contribution in [1.82, 2.24) is 6.15 Å². The Labute approximate surface area is 72.1 Å². The predicted octanol–water partition coefficient (Wildman–Crippen LogP) is 0.000400. The van der Waals surface area contributed by atoms with Gasteiger partial charge in [-0.1, -0.05) is 0 Å². The Morgan fingerprint density at radius 2 is 1.92 bits per heavy atom. The minimum Gasteiger partial charge on any atom is -0.726 e. The van der Waals surface area contributed by atoms with Gasteiger partial charge in [-0.25, -0.2) is 8.42 Å². The maximum atomic E-state index is 10.1. The first-order valence-electron chi connectivity index (χ1n) is 3.04. The lowest BCUT2D eigenvalue weighted by Gasteiger charge is -2.24. The highest BCUT2D eigenvalue weighted by Gasteiger charge is 2.20. The van der Waals surface area contributed by atoms with E-state index in [1.54, 1.807) is 0 Å². The van der Waals surface area contributed by atoms with E-state index in [0.717, 1.165) is 0 Å². The second-order valence-electron chi connectivity index (χ2n) is 2.72. The van der Waals surface area contributed by atoms with Crippen molar-refractivity contribution in [1.29, 1.82) is 0 Å². The van der Waals surface area contributed by atoms with Crippen LogP contribution in [0.2, 0.25) is 0 Å². The van der Waals surface area contributed by atoms with Crippen molar-refractivity contribution in [3.05, 3.63) is 0 Å². The van der Waals surface area contributed by atoms with Gasteiger partial charge in [-0.15, -0.1) is 0 Å². The molecule has 0 amide bonds. The quantitative estimate of drug-likeness (QED) is 0.489. The van der Waals surface area contributed by atoms with E-state index >= 15 is 0 Å². The number of hydrogen-bond acceptors (Lipinski definition) is 5. The molecule has 0 aromatic heterocycles. The summed E-state index contributed by atoms with van der Waals surface area (Å²) in [4.78, 5) is 0. The first kappa shape index (κ1) is 14.3. The lowest BCUT2D eigenvalue weighted by atomic mass is 10.1. The molecule has 0 fully saturated rings. The summed E-state index contributed by atoms with van der Waals surface area (Å²) in [6, 6.07) is 0. The third-order valence-corrected chi connectivity index (χ3v) is 1.70. The van der Waals surface area contributed by atoms with Crippen LogP contribution in [-0.4, -0.2) is 30.3 Å². The Morgan fingerprint density at radius 3 is 2.17 bits per heavy atom. The van der Waals surface area contributed by atoms with Gasteiger partial charge >= 0.3 is 0 Å². The molecule has 6 nitrogen and oxygen atoms in total. The van der Waals surface area contributed by atoms with E-state index in [1.165, 1.54) is 13.8 Å². The van der Waals surface area contributed by atoms with Gasteiger partial charge in [0, 0.05) is 13.0 Å². The van der Waals surface area contributed by atoms with Gasteiger partial charge in [0.25, 0.3) is 0 Å². The molecular formula is C5H15NO5S. The molecule has 0 aromatic carbocycles. The minimum absolute atomic E-state index is 0. The first-order valence-corrected chi connectivity index (χ1v) is 4.37. The largest absolute Gasteiger partial charge is 0.726 e. The molecule has 12 heavy (non-hydrogen) atoms. The molecule has 0 aromatic rings. The number of hydrogen-bond donors (Lipinski definition) is 2. The molecule has 0 aliphatic rings. The summed E-state index contributed by atoms with van der Waals surface area (Å²) in [5.74, 6) is 0. The topological polar surface area (TPSA) is 123 Å². The molecule has 0 heterocycles. The molecule has 0 aliphatic heterocycles. The van der Waals surface area contributed by atoms with Gasteiger partial charge in [0.15, 0.2) is 0 Å². The van der Waals surface area contributed by atoms with Crippen molar-refractivity contribution < 1.29 is 22.3 Å². The van der Waals surface area contributed by atoms with E-state index < -0.39 is 16.0 Å². The van der Waals surface area contributed by atoms with Crippen molar-refractivity contribution in [2.45, 2.75) is 25.9 Å². The summed E-state index contributed by atoms with van der Waals surface area (Å²) in [6.45, 7) is 2.61. The molecule has 0 bridgehead atoms. The molecule has 0 saturated carbocycles. The van der Waals surface area contributed by atoms with Crippen molar-refractivity contribution in [2.75, 3.05) is 6.61 Å². The van der Waals surface area contributed by atoms with Gasteiger partial charge in [0.2, 0.25) is 10.4 Å². The van der Waals surface area contributed by atoms with E-state index in [9.17, 15) is 13.0 Å². The van der Waals surface area contributed by atoms with Crippen LogP contribution in [0, 0.1) is 0 Å². The van der Waals surface area contributed by atoms with Crippen LogP contribution >= 0.6 is 0 Å². The van der Waals surface area contributed by atoms with Gasteiger partial charge in [-0.3, -0.25) is 4.18 Å². The predicted molar refractivity (Wildman–Crippen MR) is 42.5 cm³/mol. The fourth-order valence-corrected chi connectivity index (χ4v) is 1.22. The molecule has 76 valence electrons. The number of rotatable bonds is 4. The van der Waals surface area contributed by atoms with Crippen molar-refractivity contribution in [3.8, 4) is 0 Å².